The maximum Gasteiger partial charge on any atom is 0.273 e. The third kappa shape index (κ3) is 3.70. The number of para-hydroxylation sites is 1. The van der Waals surface area contributed by atoms with Gasteiger partial charge < -0.3 is 15.4 Å². The zero-order valence-electron chi connectivity index (χ0n) is 11.9. The Morgan fingerprint density at radius 3 is 2.57 bits per heavy atom. The maximum atomic E-state index is 11.0. The van der Waals surface area contributed by atoms with Gasteiger partial charge in [0.15, 0.2) is 0 Å². The van der Waals surface area contributed by atoms with Gasteiger partial charge >= 0.3 is 0 Å². The Kier molecular flexibility index (Phi) is 4.73. The number of hydrogen-bond donors (Lipinski definition) is 2. The summed E-state index contributed by atoms with van der Waals surface area (Å²) in [5.41, 5.74) is 3.21. The number of non-ortho nitro benzene ring substituents is 1. The molecule has 2 rings (SSSR count). The van der Waals surface area contributed by atoms with Crippen molar-refractivity contribution in [2.24, 2.45) is 0 Å². The van der Waals surface area contributed by atoms with Gasteiger partial charge in [0.25, 0.3) is 5.69 Å². The molecule has 0 fully saturated rings. The van der Waals surface area contributed by atoms with Gasteiger partial charge in [-0.3, -0.25) is 10.1 Å². The molecule has 0 atom stereocenters. The molecule has 0 unspecified atom stereocenters. The Hall–Kier alpha value is -2.60. The highest BCUT2D eigenvalue weighted by atomic mass is 16.6. The molecule has 0 aliphatic rings. The first-order valence-corrected chi connectivity index (χ1v) is 6.45. The maximum absolute atomic E-state index is 11.0. The number of benzene rings is 2. The number of rotatable bonds is 6. The highest BCUT2D eigenvalue weighted by Gasteiger charge is 2.10. The SMILES string of the molecule is CNc1cc(Nc2ccccc2COC)cc([N+](=O)[O-])c1. The minimum absolute atomic E-state index is 0.0357. The lowest BCUT2D eigenvalue weighted by Gasteiger charge is -2.12. The van der Waals surface area contributed by atoms with Crippen molar-refractivity contribution < 1.29 is 9.66 Å². The Morgan fingerprint density at radius 2 is 1.90 bits per heavy atom. The van der Waals surface area contributed by atoms with Crippen LogP contribution < -0.4 is 10.6 Å². The molecule has 0 aromatic heterocycles. The second-order valence-corrected chi connectivity index (χ2v) is 4.49. The van der Waals surface area contributed by atoms with Crippen LogP contribution in [0.3, 0.4) is 0 Å². The predicted octanol–water partition coefficient (Wildman–Crippen LogP) is 3.53. The summed E-state index contributed by atoms with van der Waals surface area (Å²) in [6, 6.07) is 12.5. The van der Waals surface area contributed by atoms with Crippen LogP contribution in [-0.2, 0) is 11.3 Å². The molecule has 2 aromatic carbocycles. The van der Waals surface area contributed by atoms with Crippen LogP contribution in [0.5, 0.6) is 0 Å². The zero-order chi connectivity index (χ0) is 15.2. The lowest BCUT2D eigenvalue weighted by molar-refractivity contribution is -0.384. The standard InChI is InChI=1S/C15H17N3O3/c1-16-12-7-13(9-14(8-12)18(19)20)17-15-6-4-3-5-11(15)10-21-2/h3-9,16-17H,10H2,1-2H3. The molecule has 0 saturated heterocycles. The fourth-order valence-corrected chi connectivity index (χ4v) is 2.01. The van der Waals surface area contributed by atoms with Gasteiger partial charge in [-0.1, -0.05) is 18.2 Å². The van der Waals surface area contributed by atoms with E-state index in [4.69, 9.17) is 4.74 Å². The summed E-state index contributed by atoms with van der Waals surface area (Å²) < 4.78 is 5.15. The summed E-state index contributed by atoms with van der Waals surface area (Å²) in [7, 11) is 3.35. The molecule has 2 N–H and O–H groups in total. The normalized spacial score (nSPS) is 10.2. The van der Waals surface area contributed by atoms with E-state index in [0.717, 1.165) is 11.3 Å². The molecule has 0 radical (unpaired) electrons. The monoisotopic (exact) mass is 287 g/mol. The van der Waals surface area contributed by atoms with Crippen LogP contribution in [0.1, 0.15) is 5.56 Å². The molecule has 0 bridgehead atoms. The topological polar surface area (TPSA) is 76.4 Å². The van der Waals surface area contributed by atoms with Gasteiger partial charge in [-0.05, 0) is 12.1 Å². The highest BCUT2D eigenvalue weighted by Crippen LogP contribution is 2.28. The summed E-state index contributed by atoms with van der Waals surface area (Å²) in [5.74, 6) is 0. The molecule has 0 aliphatic carbocycles. The fourth-order valence-electron chi connectivity index (χ4n) is 2.01. The van der Waals surface area contributed by atoms with Crippen molar-refractivity contribution in [3.05, 3.63) is 58.1 Å². The molecule has 0 amide bonds. The fraction of sp³-hybridized carbons (Fsp3) is 0.200. The molecule has 6 heteroatoms. The van der Waals surface area contributed by atoms with Crippen molar-refractivity contribution in [1.82, 2.24) is 0 Å². The number of nitrogens with one attached hydrogen (secondary N) is 2. The minimum atomic E-state index is -0.410. The molecular formula is C15H17N3O3. The lowest BCUT2D eigenvalue weighted by Crippen LogP contribution is -1.99. The van der Waals surface area contributed by atoms with E-state index in [1.165, 1.54) is 12.1 Å². The van der Waals surface area contributed by atoms with Gasteiger partial charge in [0.2, 0.25) is 0 Å². The summed E-state index contributed by atoms with van der Waals surface area (Å²) in [6.45, 7) is 0.469. The number of anilines is 3. The van der Waals surface area contributed by atoms with Crippen molar-refractivity contribution in [1.29, 1.82) is 0 Å². The van der Waals surface area contributed by atoms with Crippen molar-refractivity contribution >= 4 is 22.7 Å². The number of nitrogens with zero attached hydrogens (tertiary/aromatic N) is 1. The number of methoxy groups -OCH3 is 1. The smallest absolute Gasteiger partial charge is 0.273 e. The van der Waals surface area contributed by atoms with Crippen LogP contribution in [0.15, 0.2) is 42.5 Å². The molecule has 0 heterocycles. The highest BCUT2D eigenvalue weighted by molar-refractivity contribution is 5.70. The zero-order valence-corrected chi connectivity index (χ0v) is 11.9. The van der Waals surface area contributed by atoms with Crippen LogP contribution in [0.25, 0.3) is 0 Å². The van der Waals surface area contributed by atoms with E-state index in [-0.39, 0.29) is 5.69 Å². The van der Waals surface area contributed by atoms with E-state index < -0.39 is 4.92 Å². The van der Waals surface area contributed by atoms with Gasteiger partial charge in [0.05, 0.1) is 11.5 Å². The van der Waals surface area contributed by atoms with Crippen LogP contribution in [0.2, 0.25) is 0 Å². The number of hydrogen-bond acceptors (Lipinski definition) is 5. The van der Waals surface area contributed by atoms with Crippen LogP contribution in [0.4, 0.5) is 22.7 Å². The lowest BCUT2D eigenvalue weighted by atomic mass is 10.1. The molecular weight excluding hydrogens is 270 g/mol. The quantitative estimate of drug-likeness (QED) is 0.628. The van der Waals surface area contributed by atoms with E-state index in [0.29, 0.717) is 18.0 Å². The van der Waals surface area contributed by atoms with Gasteiger partial charge in [-0.25, -0.2) is 0 Å². The van der Waals surface area contributed by atoms with Crippen LogP contribution in [-0.4, -0.2) is 19.1 Å². The minimum Gasteiger partial charge on any atom is -0.388 e. The molecule has 6 nitrogen and oxygen atoms in total. The number of nitro benzene ring substituents is 1. The number of nitro groups is 1. The van der Waals surface area contributed by atoms with Gasteiger partial charge in [-0.15, -0.1) is 0 Å². The largest absolute Gasteiger partial charge is 0.388 e. The van der Waals surface area contributed by atoms with Crippen LogP contribution in [0, 0.1) is 10.1 Å². The first kappa shape index (κ1) is 14.8. The molecule has 0 spiro atoms. The summed E-state index contributed by atoms with van der Waals surface area (Å²) in [4.78, 5) is 10.6. The van der Waals surface area contributed by atoms with Crippen molar-refractivity contribution in [3.8, 4) is 0 Å². The Morgan fingerprint density at radius 1 is 1.19 bits per heavy atom. The van der Waals surface area contributed by atoms with Crippen molar-refractivity contribution in [2.45, 2.75) is 6.61 Å². The van der Waals surface area contributed by atoms with E-state index >= 15 is 0 Å². The van der Waals surface area contributed by atoms with Crippen molar-refractivity contribution in [2.75, 3.05) is 24.8 Å². The first-order valence-electron chi connectivity index (χ1n) is 6.45. The second kappa shape index (κ2) is 6.71. The molecule has 0 saturated carbocycles. The van der Waals surface area contributed by atoms with E-state index in [1.807, 2.05) is 30.3 Å². The average molecular weight is 287 g/mol. The number of ether oxygens (including phenoxy) is 1. The Bertz CT molecular complexity index is 644. The van der Waals surface area contributed by atoms with Crippen LogP contribution >= 0.6 is 0 Å². The molecule has 2 aromatic rings. The third-order valence-corrected chi connectivity index (χ3v) is 3.01. The second-order valence-electron chi connectivity index (χ2n) is 4.49. The van der Waals surface area contributed by atoms with E-state index in [1.54, 1.807) is 14.2 Å². The van der Waals surface area contributed by atoms with Gasteiger partial charge in [0, 0.05) is 48.9 Å². The van der Waals surface area contributed by atoms with E-state index in [2.05, 4.69) is 10.6 Å². The summed E-state index contributed by atoms with van der Waals surface area (Å²) in [5, 5.41) is 17.1. The first-order chi connectivity index (χ1) is 10.1. The molecule has 0 aliphatic heterocycles. The molecule has 21 heavy (non-hydrogen) atoms. The van der Waals surface area contributed by atoms with Gasteiger partial charge in [0.1, 0.15) is 0 Å². The van der Waals surface area contributed by atoms with E-state index in [9.17, 15) is 10.1 Å². The predicted molar refractivity (Wildman–Crippen MR) is 83.1 cm³/mol. The third-order valence-electron chi connectivity index (χ3n) is 3.01. The van der Waals surface area contributed by atoms with Crippen molar-refractivity contribution in [3.63, 3.8) is 0 Å². The Labute approximate surface area is 122 Å². The van der Waals surface area contributed by atoms with Gasteiger partial charge in [-0.2, -0.15) is 0 Å². The summed E-state index contributed by atoms with van der Waals surface area (Å²) in [6.07, 6.45) is 0. The molecule has 110 valence electrons. The Balaban J connectivity index is 2.35. The average Bonchev–Trinajstić information content (AvgIpc) is 2.49. The summed E-state index contributed by atoms with van der Waals surface area (Å²) >= 11 is 0.